The van der Waals surface area contributed by atoms with E-state index in [9.17, 15) is 19.2 Å². The molecular formula is C31H61N7O5. The van der Waals surface area contributed by atoms with Gasteiger partial charge >= 0.3 is 5.97 Å². The minimum Gasteiger partial charge on any atom is -0.448 e. The summed E-state index contributed by atoms with van der Waals surface area (Å²) in [6.07, 6.45) is 0. The van der Waals surface area contributed by atoms with E-state index >= 15 is 0 Å². The number of rotatable bonds is 1. The predicted molar refractivity (Wildman–Crippen MR) is 170 cm³/mol. The van der Waals surface area contributed by atoms with Crippen LogP contribution in [0.4, 0.5) is 0 Å². The van der Waals surface area contributed by atoms with Gasteiger partial charge in [0.25, 0.3) is 0 Å². The van der Waals surface area contributed by atoms with Crippen molar-refractivity contribution in [2.24, 2.45) is 0 Å². The van der Waals surface area contributed by atoms with E-state index in [2.05, 4.69) is 23.6 Å². The monoisotopic (exact) mass is 611 g/mol. The van der Waals surface area contributed by atoms with Crippen molar-refractivity contribution >= 4 is 23.7 Å². The van der Waals surface area contributed by atoms with Crippen LogP contribution in [0.1, 0.15) is 76.2 Å². The minimum atomic E-state index is -0.417. The highest BCUT2D eigenvalue weighted by molar-refractivity contribution is 5.88. The van der Waals surface area contributed by atoms with Crippen molar-refractivity contribution in [3.8, 4) is 0 Å². The zero-order valence-corrected chi connectivity index (χ0v) is 30.2. The van der Waals surface area contributed by atoms with E-state index in [-0.39, 0.29) is 45.8 Å². The third kappa shape index (κ3) is 8.06. The smallest absolute Gasteiger partial charge is 0.327 e. The van der Waals surface area contributed by atoms with Crippen molar-refractivity contribution in [2.75, 3.05) is 75.4 Å². The maximum atomic E-state index is 12.0. The lowest BCUT2D eigenvalue weighted by Gasteiger charge is -2.51. The van der Waals surface area contributed by atoms with Crippen molar-refractivity contribution in [3.05, 3.63) is 0 Å². The summed E-state index contributed by atoms with van der Waals surface area (Å²) in [5.74, 6) is 0.508. The molecule has 0 radical (unpaired) electrons. The first-order valence-corrected chi connectivity index (χ1v) is 15.1. The van der Waals surface area contributed by atoms with Crippen LogP contribution >= 0.6 is 0 Å². The highest BCUT2D eigenvalue weighted by atomic mass is 16.6. The van der Waals surface area contributed by atoms with Gasteiger partial charge in [-0.2, -0.15) is 0 Å². The van der Waals surface area contributed by atoms with Crippen LogP contribution in [0.2, 0.25) is 0 Å². The van der Waals surface area contributed by atoms with E-state index in [1.54, 1.807) is 4.90 Å². The summed E-state index contributed by atoms with van der Waals surface area (Å²) in [4.78, 5) is 59.2. The molecule has 4 aliphatic heterocycles. The largest absolute Gasteiger partial charge is 0.448 e. The van der Waals surface area contributed by atoms with E-state index in [0.29, 0.717) is 6.73 Å². The highest BCUT2D eigenvalue weighted by Gasteiger charge is 2.46. The van der Waals surface area contributed by atoms with Gasteiger partial charge in [0.1, 0.15) is 12.3 Å². The Balaban J connectivity index is 0.000000289. The van der Waals surface area contributed by atoms with Crippen LogP contribution in [0.3, 0.4) is 0 Å². The fourth-order valence-electron chi connectivity index (χ4n) is 4.86. The Bertz CT molecular complexity index is 1040. The van der Waals surface area contributed by atoms with Crippen molar-refractivity contribution in [2.45, 2.75) is 104 Å². The molecule has 0 unspecified atom stereocenters. The van der Waals surface area contributed by atoms with Gasteiger partial charge in [0, 0.05) is 32.7 Å². The number of carbonyl (C=O) groups excluding carboxylic acids is 4. The molecule has 0 aromatic heterocycles. The normalized spacial score (nSPS) is 26.3. The molecule has 0 bridgehead atoms. The number of hydrogen-bond donors (Lipinski definition) is 0. The summed E-state index contributed by atoms with van der Waals surface area (Å²) in [5.41, 5.74) is -1.42. The summed E-state index contributed by atoms with van der Waals surface area (Å²) >= 11 is 0. The molecule has 3 amide bonds. The fraction of sp³-hybridized carbons (Fsp3) is 0.871. The molecule has 0 aromatic rings. The van der Waals surface area contributed by atoms with Gasteiger partial charge in [0.15, 0.2) is 0 Å². The average molecular weight is 612 g/mol. The Labute approximate surface area is 261 Å². The Hall–Kier alpha value is -2.28. The topological polar surface area (TPSA) is 100 Å². The van der Waals surface area contributed by atoms with Crippen LogP contribution in [-0.2, 0) is 23.9 Å². The molecule has 250 valence electrons. The second kappa shape index (κ2) is 13.4. The highest BCUT2D eigenvalue weighted by Crippen LogP contribution is 2.29. The Morgan fingerprint density at radius 1 is 0.581 bits per heavy atom. The number of piperazine rings is 1. The van der Waals surface area contributed by atoms with Gasteiger partial charge in [-0.05, 0) is 104 Å². The summed E-state index contributed by atoms with van der Waals surface area (Å²) < 4.78 is 4.77. The zero-order chi connectivity index (χ0) is 34.1. The number of cyclic esters (lactones) is 1. The van der Waals surface area contributed by atoms with E-state index in [1.807, 2.05) is 124 Å². The molecule has 0 atom stereocenters. The summed E-state index contributed by atoms with van der Waals surface area (Å²) in [5, 5.41) is 0. The molecule has 43 heavy (non-hydrogen) atoms. The Kier molecular flexibility index (Phi) is 12.1. The lowest BCUT2D eigenvalue weighted by Crippen LogP contribution is -2.68. The lowest BCUT2D eigenvalue weighted by molar-refractivity contribution is -0.155. The van der Waals surface area contributed by atoms with Crippen LogP contribution in [0.15, 0.2) is 0 Å². The van der Waals surface area contributed by atoms with Crippen molar-refractivity contribution in [1.82, 2.24) is 34.3 Å². The molecule has 0 spiro atoms. The van der Waals surface area contributed by atoms with E-state index in [4.69, 9.17) is 4.74 Å². The first kappa shape index (κ1) is 38.7. The fourth-order valence-corrected chi connectivity index (χ4v) is 4.86. The molecule has 4 fully saturated rings. The average Bonchev–Trinajstić information content (AvgIpc) is 3.33. The van der Waals surface area contributed by atoms with E-state index in [1.165, 1.54) is 0 Å². The van der Waals surface area contributed by atoms with Crippen LogP contribution in [0.25, 0.3) is 0 Å². The van der Waals surface area contributed by atoms with Gasteiger partial charge in [0.05, 0.1) is 30.0 Å². The number of nitrogens with zero attached hydrogens (tertiary/aromatic N) is 7. The predicted octanol–water partition coefficient (Wildman–Crippen LogP) is 1.80. The Morgan fingerprint density at radius 2 is 1.02 bits per heavy atom. The van der Waals surface area contributed by atoms with Crippen LogP contribution in [0, 0.1) is 0 Å². The summed E-state index contributed by atoms with van der Waals surface area (Å²) in [7, 11) is 11.5. The molecule has 12 heteroatoms. The first-order valence-electron chi connectivity index (χ1n) is 15.1. The minimum absolute atomic E-state index is 0.0542. The lowest BCUT2D eigenvalue weighted by atomic mass is 9.89. The van der Waals surface area contributed by atoms with Gasteiger partial charge in [-0.1, -0.05) is 0 Å². The van der Waals surface area contributed by atoms with Crippen molar-refractivity contribution in [3.63, 3.8) is 0 Å². The Morgan fingerprint density at radius 3 is 1.26 bits per heavy atom. The third-order valence-electron chi connectivity index (χ3n) is 9.94. The molecule has 0 aliphatic carbocycles. The van der Waals surface area contributed by atoms with Gasteiger partial charge in [-0.25, -0.2) is 0 Å². The van der Waals surface area contributed by atoms with E-state index in [0.717, 1.165) is 26.4 Å². The van der Waals surface area contributed by atoms with Crippen LogP contribution < -0.4 is 0 Å². The van der Waals surface area contributed by atoms with Gasteiger partial charge in [-0.15, -0.1) is 0 Å². The third-order valence-corrected chi connectivity index (χ3v) is 9.94. The number of amides is 3. The molecule has 4 aliphatic rings. The molecule has 4 heterocycles. The maximum absolute atomic E-state index is 12.0. The van der Waals surface area contributed by atoms with Gasteiger partial charge in [0.2, 0.25) is 17.7 Å². The van der Waals surface area contributed by atoms with Crippen LogP contribution in [-0.4, -0.2) is 161 Å². The second-order valence-corrected chi connectivity index (χ2v) is 14.9. The molecule has 4 rings (SSSR count). The summed E-state index contributed by atoms with van der Waals surface area (Å²) in [6.45, 7) is 25.3. The number of hydrogen-bond acceptors (Lipinski definition) is 9. The molecule has 12 nitrogen and oxygen atoms in total. The van der Waals surface area contributed by atoms with Gasteiger partial charge in [-0.3, -0.25) is 38.8 Å². The van der Waals surface area contributed by atoms with Crippen molar-refractivity contribution in [1.29, 1.82) is 0 Å². The first-order chi connectivity index (χ1) is 19.2. The zero-order valence-electron chi connectivity index (χ0n) is 30.2. The van der Waals surface area contributed by atoms with E-state index < -0.39 is 5.54 Å². The molecule has 0 N–H and O–H groups in total. The molecule has 4 saturated heterocycles. The molecular weight excluding hydrogens is 550 g/mol. The quantitative estimate of drug-likeness (QED) is 0.411. The standard InChI is InChI=1S/C10H20N2O.C8H16N2O.C7H14N2O.C6H11NO2/c1-9(2)7-11(5)10(3,4)8(13)12(9)6;1-5-10-6-9(4)8(2,3)7(10)11;1-7(2)6(10)8(3)5-9(7)4;1-6(2)5(8)9-4-7(6)3/h7H2,1-6H3;5-6H2,1-4H3;5H2,1-4H3;4H2,1-3H3. The molecule has 0 saturated carbocycles. The molecule has 0 aromatic carbocycles. The second-order valence-electron chi connectivity index (χ2n) is 14.9. The maximum Gasteiger partial charge on any atom is 0.327 e. The SMILES string of the molecule is CCN1CN(C)C(C)(C)C1=O.CN1C(=O)C(C)(C)N(C)CC1(C)C.CN1CN(C)C(C)(C)C1=O.CN1COC(=O)C1(C)C. The van der Waals surface area contributed by atoms with Gasteiger partial charge < -0.3 is 19.4 Å². The number of carbonyl (C=O) groups is 4. The number of esters is 1. The van der Waals surface area contributed by atoms with Crippen molar-refractivity contribution < 1.29 is 23.9 Å². The number of ether oxygens (including phenoxy) is 1. The number of likely N-dealkylation sites (N-methyl/N-ethyl adjacent to an activating group) is 7. The summed E-state index contributed by atoms with van der Waals surface area (Å²) in [6, 6.07) is 0. The van der Waals surface area contributed by atoms with Crippen LogP contribution in [0.5, 0.6) is 0 Å².